The molecule has 1 saturated heterocycles. The molecule has 0 bridgehead atoms. The molecule has 176 valence electrons. The molecule has 33 heavy (non-hydrogen) atoms. The van der Waals surface area contributed by atoms with Crippen LogP contribution in [0.3, 0.4) is 0 Å². The van der Waals surface area contributed by atoms with E-state index in [9.17, 15) is 4.39 Å². The Kier molecular flexibility index (Phi) is 6.10. The van der Waals surface area contributed by atoms with Crippen molar-refractivity contribution in [1.29, 1.82) is 0 Å². The van der Waals surface area contributed by atoms with E-state index in [0.29, 0.717) is 12.6 Å². The van der Waals surface area contributed by atoms with Crippen molar-refractivity contribution in [3.8, 4) is 0 Å². The fourth-order valence-electron chi connectivity index (χ4n) is 5.29. The number of fused-ring (bicyclic) bond motifs is 4. The molecule has 0 radical (unpaired) electrons. The summed E-state index contributed by atoms with van der Waals surface area (Å²) in [6, 6.07) is 13.2. The minimum absolute atomic E-state index is 0.390. The van der Waals surface area contributed by atoms with Crippen molar-refractivity contribution >= 4 is 32.5 Å². The van der Waals surface area contributed by atoms with Crippen LogP contribution in [0.15, 0.2) is 41.8 Å². The number of para-hydroxylation sites is 1. The van der Waals surface area contributed by atoms with Gasteiger partial charge in [0.25, 0.3) is 0 Å². The van der Waals surface area contributed by atoms with E-state index in [2.05, 4.69) is 75.4 Å². The van der Waals surface area contributed by atoms with Crippen molar-refractivity contribution in [3.63, 3.8) is 0 Å². The van der Waals surface area contributed by atoms with Crippen LogP contribution in [0, 0.1) is 5.92 Å². The lowest BCUT2D eigenvalue weighted by molar-refractivity contribution is 0.0853. The van der Waals surface area contributed by atoms with Crippen LogP contribution in [0.5, 0.6) is 0 Å². The smallest absolute Gasteiger partial charge is 0.118 e. The van der Waals surface area contributed by atoms with E-state index in [-0.39, 0.29) is 0 Å². The van der Waals surface area contributed by atoms with Gasteiger partial charge in [0.15, 0.2) is 0 Å². The first-order chi connectivity index (χ1) is 15.7. The molecule has 0 amide bonds. The second-order valence-electron chi connectivity index (χ2n) is 10.6. The Bertz CT molecular complexity index is 1200. The van der Waals surface area contributed by atoms with Crippen LogP contribution in [0.2, 0.25) is 0 Å². The van der Waals surface area contributed by atoms with Gasteiger partial charge in [0, 0.05) is 61.1 Å². The molecule has 6 rings (SSSR count). The average molecular weight is 467 g/mol. The van der Waals surface area contributed by atoms with E-state index in [1.54, 1.807) is 13.8 Å². The molecule has 0 spiro atoms. The topological polar surface area (TPSA) is 38.1 Å². The molecular formula is C27H35FN4S. The van der Waals surface area contributed by atoms with E-state index in [0.717, 1.165) is 25.4 Å². The molecule has 0 aliphatic carbocycles. The number of nitrogens with zero attached hydrogens (tertiary/aromatic N) is 2. The van der Waals surface area contributed by atoms with Crippen molar-refractivity contribution < 1.29 is 4.39 Å². The van der Waals surface area contributed by atoms with Gasteiger partial charge in [-0.05, 0) is 62.3 Å². The lowest BCUT2D eigenvalue weighted by Gasteiger charge is -2.36. The molecule has 0 saturated carbocycles. The lowest BCUT2D eigenvalue weighted by atomic mass is 9.96. The van der Waals surface area contributed by atoms with Gasteiger partial charge in [-0.3, -0.25) is 9.80 Å². The van der Waals surface area contributed by atoms with Gasteiger partial charge in [-0.2, -0.15) is 0 Å². The third-order valence-electron chi connectivity index (χ3n) is 6.79. The largest absolute Gasteiger partial charge is 0.357 e. The number of aromatic amines is 2. The van der Waals surface area contributed by atoms with Crippen LogP contribution in [0.25, 0.3) is 21.1 Å². The molecule has 4 aromatic rings. The molecule has 1 fully saturated rings. The minimum atomic E-state index is -1.14. The molecule has 1 atom stereocenters. The maximum Gasteiger partial charge on any atom is 0.118 e. The molecule has 2 N–H and O–H groups in total. The predicted octanol–water partition coefficient (Wildman–Crippen LogP) is 6.34. The van der Waals surface area contributed by atoms with Gasteiger partial charge in [0.1, 0.15) is 5.67 Å². The zero-order valence-corrected chi connectivity index (χ0v) is 20.9. The monoisotopic (exact) mass is 466 g/mol. The number of likely N-dealkylation sites (tertiary alicyclic amines) is 1. The zero-order valence-electron chi connectivity index (χ0n) is 20.1. The summed E-state index contributed by atoms with van der Waals surface area (Å²) < 4.78 is 15.3. The van der Waals surface area contributed by atoms with Gasteiger partial charge >= 0.3 is 0 Å². The Hall–Kier alpha value is -2.15. The number of halogens is 1. The average Bonchev–Trinajstić information content (AvgIpc) is 3.40. The number of aromatic nitrogens is 2. The summed E-state index contributed by atoms with van der Waals surface area (Å²) in [4.78, 5) is 11.7. The molecule has 4 nitrogen and oxygen atoms in total. The second kappa shape index (κ2) is 8.90. The van der Waals surface area contributed by atoms with Crippen LogP contribution >= 0.6 is 11.3 Å². The van der Waals surface area contributed by atoms with E-state index in [4.69, 9.17) is 0 Å². The number of nitrogens with one attached hydrogen (secondary N) is 2. The molecular weight excluding hydrogens is 431 g/mol. The highest BCUT2D eigenvalue weighted by molar-refractivity contribution is 7.17. The molecule has 1 unspecified atom stereocenters. The normalized spacial score (nSPS) is 20.0. The third kappa shape index (κ3) is 5.03. The lowest BCUT2D eigenvalue weighted by Crippen LogP contribution is -2.44. The standard InChI is InChI=1S/C16H21FN2.C11H14N2S/c1-11-8-13-12-6-4-5-7-14(12)18-15(13)9-19(11)10-16(2,3)17;1-8-5-13(6-8)7-9-4-11-10(12-9)2-3-14-11/h4-7,11,18H,8-10H2,1-3H3;2-4,8,12H,5-7H2,1H3. The van der Waals surface area contributed by atoms with Crippen LogP contribution in [-0.4, -0.2) is 51.1 Å². The third-order valence-corrected chi connectivity index (χ3v) is 7.66. The number of thiophene rings is 1. The molecule has 1 aromatic carbocycles. The SMILES string of the molecule is CC1CN(Cc2cc3sccc3[nH]2)C1.CC1Cc2c([nH]c3ccccc23)CN1CC(C)(C)F. The first kappa shape index (κ1) is 22.6. The Labute approximate surface area is 199 Å². The van der Waals surface area contributed by atoms with Gasteiger partial charge in [-0.1, -0.05) is 25.1 Å². The summed E-state index contributed by atoms with van der Waals surface area (Å²) in [5.74, 6) is 0.895. The minimum Gasteiger partial charge on any atom is -0.357 e. The number of rotatable bonds is 4. The molecule has 2 aliphatic rings. The van der Waals surface area contributed by atoms with Gasteiger partial charge in [-0.25, -0.2) is 4.39 Å². The second-order valence-corrected chi connectivity index (χ2v) is 11.5. The number of H-pyrrole nitrogens is 2. The fraction of sp³-hybridized carbons (Fsp3) is 0.481. The molecule has 2 aliphatic heterocycles. The van der Waals surface area contributed by atoms with Gasteiger partial charge < -0.3 is 9.97 Å². The van der Waals surface area contributed by atoms with Crippen LogP contribution < -0.4 is 0 Å². The van der Waals surface area contributed by atoms with E-state index in [1.165, 1.54) is 51.2 Å². The van der Waals surface area contributed by atoms with Crippen molar-refractivity contribution in [3.05, 3.63) is 58.7 Å². The van der Waals surface area contributed by atoms with Gasteiger partial charge in [0.05, 0.1) is 10.2 Å². The van der Waals surface area contributed by atoms with Crippen LogP contribution in [-0.2, 0) is 19.5 Å². The van der Waals surface area contributed by atoms with E-state index >= 15 is 0 Å². The summed E-state index contributed by atoms with van der Waals surface area (Å²) in [6.45, 7) is 12.7. The van der Waals surface area contributed by atoms with Crippen LogP contribution in [0.4, 0.5) is 4.39 Å². The summed E-state index contributed by atoms with van der Waals surface area (Å²) in [6.07, 6.45) is 0.995. The Morgan fingerprint density at radius 1 is 1.09 bits per heavy atom. The van der Waals surface area contributed by atoms with Crippen molar-refractivity contribution in [2.24, 2.45) is 5.92 Å². The highest BCUT2D eigenvalue weighted by atomic mass is 32.1. The predicted molar refractivity (Wildman–Crippen MR) is 138 cm³/mol. The van der Waals surface area contributed by atoms with E-state index in [1.807, 2.05) is 11.3 Å². The number of hydrogen-bond acceptors (Lipinski definition) is 3. The molecule has 3 aromatic heterocycles. The maximum atomic E-state index is 13.9. The van der Waals surface area contributed by atoms with Crippen LogP contribution in [0.1, 0.15) is 44.6 Å². The number of benzene rings is 1. The number of hydrogen-bond donors (Lipinski definition) is 2. The first-order valence-electron chi connectivity index (χ1n) is 12.0. The molecule has 6 heteroatoms. The summed E-state index contributed by atoms with van der Waals surface area (Å²) in [5, 5.41) is 3.46. The highest BCUT2D eigenvalue weighted by Gasteiger charge is 2.30. The van der Waals surface area contributed by atoms with Crippen molar-refractivity contribution in [2.45, 2.75) is 58.9 Å². The van der Waals surface area contributed by atoms with E-state index < -0.39 is 5.67 Å². The summed E-state index contributed by atoms with van der Waals surface area (Å²) in [5.41, 5.74) is 5.37. The highest BCUT2D eigenvalue weighted by Crippen LogP contribution is 2.31. The number of alkyl halides is 1. The zero-order chi connectivity index (χ0) is 23.2. The fourth-order valence-corrected chi connectivity index (χ4v) is 6.10. The Balaban J connectivity index is 0.000000144. The Morgan fingerprint density at radius 3 is 2.61 bits per heavy atom. The van der Waals surface area contributed by atoms with Crippen molar-refractivity contribution in [2.75, 3.05) is 19.6 Å². The maximum absolute atomic E-state index is 13.9. The summed E-state index contributed by atoms with van der Waals surface area (Å²) in [7, 11) is 0. The molecule has 5 heterocycles. The summed E-state index contributed by atoms with van der Waals surface area (Å²) >= 11 is 1.81. The first-order valence-corrected chi connectivity index (χ1v) is 12.9. The Morgan fingerprint density at radius 2 is 1.88 bits per heavy atom. The quantitative estimate of drug-likeness (QED) is 0.368. The van der Waals surface area contributed by atoms with Crippen molar-refractivity contribution in [1.82, 2.24) is 19.8 Å². The van der Waals surface area contributed by atoms with Gasteiger partial charge in [0.2, 0.25) is 0 Å². The van der Waals surface area contributed by atoms with Gasteiger partial charge in [-0.15, -0.1) is 11.3 Å².